The zero-order valence-corrected chi connectivity index (χ0v) is 16.8. The Hall–Kier alpha value is -0.900. The van der Waals surface area contributed by atoms with Crippen molar-refractivity contribution in [1.82, 2.24) is 0 Å². The molecule has 1 aliphatic rings. The number of unbranched alkanes of at least 4 members (excludes halogenated alkanes) is 1. The van der Waals surface area contributed by atoms with Crippen LogP contribution in [0.4, 0.5) is 0 Å². The highest BCUT2D eigenvalue weighted by molar-refractivity contribution is 5.85. The molecule has 1 aliphatic heterocycles. The molecule has 0 aliphatic carbocycles. The number of halogens is 1. The van der Waals surface area contributed by atoms with Gasteiger partial charge in [-0.1, -0.05) is 45.0 Å². The first kappa shape index (κ1) is 22.1. The van der Waals surface area contributed by atoms with Crippen molar-refractivity contribution in [3.8, 4) is 0 Å². The summed E-state index contributed by atoms with van der Waals surface area (Å²) in [7, 11) is 0. The number of rotatable bonds is 9. The van der Waals surface area contributed by atoms with Gasteiger partial charge in [0.1, 0.15) is 18.9 Å². The average molecular weight is 368 g/mol. The first-order valence-electron chi connectivity index (χ1n) is 9.59. The van der Waals surface area contributed by atoms with Gasteiger partial charge < -0.3 is 22.0 Å². The maximum atomic E-state index is 12.4. The first-order valence-corrected chi connectivity index (χ1v) is 9.59. The van der Waals surface area contributed by atoms with E-state index in [2.05, 4.69) is 38.1 Å². The van der Waals surface area contributed by atoms with E-state index in [1.54, 1.807) is 4.90 Å². The van der Waals surface area contributed by atoms with Crippen molar-refractivity contribution >= 4 is 5.78 Å². The molecule has 1 saturated heterocycles. The van der Waals surface area contributed by atoms with Gasteiger partial charge in [-0.15, -0.1) is 0 Å². The van der Waals surface area contributed by atoms with Gasteiger partial charge in [-0.3, -0.25) is 4.79 Å². The van der Waals surface area contributed by atoms with E-state index in [0.29, 0.717) is 18.1 Å². The van der Waals surface area contributed by atoms with Crippen LogP contribution in [-0.2, 0) is 16.0 Å². The molecule has 0 unspecified atom stereocenters. The van der Waals surface area contributed by atoms with Gasteiger partial charge in [0.2, 0.25) is 0 Å². The Balaban J connectivity index is 0.00000312. The van der Waals surface area contributed by atoms with Crippen LogP contribution in [0.15, 0.2) is 24.3 Å². The Kier molecular flexibility index (Phi) is 10.3. The monoisotopic (exact) mass is 367 g/mol. The molecule has 0 saturated carbocycles. The molecule has 25 heavy (non-hydrogen) atoms. The third-order valence-electron chi connectivity index (χ3n) is 5.01. The third-order valence-corrected chi connectivity index (χ3v) is 5.01. The zero-order valence-electron chi connectivity index (χ0n) is 16.0. The topological polar surface area (TPSA) is 30.7 Å². The van der Waals surface area contributed by atoms with Gasteiger partial charge >= 0.3 is 0 Å². The highest BCUT2D eigenvalue weighted by Gasteiger charge is 2.16. The molecule has 3 nitrogen and oxygen atoms in total. The molecule has 1 fully saturated rings. The van der Waals surface area contributed by atoms with Crippen molar-refractivity contribution in [3.05, 3.63) is 35.4 Å². The van der Waals surface area contributed by atoms with Crippen LogP contribution in [0.5, 0.6) is 0 Å². The van der Waals surface area contributed by atoms with E-state index < -0.39 is 0 Å². The van der Waals surface area contributed by atoms with Gasteiger partial charge in [0, 0.05) is 12.3 Å². The summed E-state index contributed by atoms with van der Waals surface area (Å²) in [6.07, 6.45) is 3.96. The maximum absolute atomic E-state index is 12.4. The number of quaternary nitrogens is 1. The zero-order chi connectivity index (χ0) is 17.4. The van der Waals surface area contributed by atoms with E-state index in [4.69, 9.17) is 4.74 Å². The maximum Gasteiger partial charge on any atom is 0.140 e. The number of ketones is 1. The van der Waals surface area contributed by atoms with Crippen molar-refractivity contribution in [2.24, 2.45) is 5.92 Å². The number of nitrogens with one attached hydrogen (secondary N) is 1. The van der Waals surface area contributed by atoms with E-state index in [-0.39, 0.29) is 18.3 Å². The summed E-state index contributed by atoms with van der Waals surface area (Å²) in [6.45, 7) is 11.7. The summed E-state index contributed by atoms with van der Waals surface area (Å²) in [5.74, 6) is 1.07. The molecule has 0 bridgehead atoms. The summed E-state index contributed by atoms with van der Waals surface area (Å²) < 4.78 is 5.38. The van der Waals surface area contributed by atoms with Gasteiger partial charge in [-0.2, -0.15) is 0 Å². The fraction of sp³-hybridized carbons (Fsp3) is 0.667. The van der Waals surface area contributed by atoms with Crippen molar-refractivity contribution < 1.29 is 26.8 Å². The molecule has 1 aromatic carbocycles. The lowest BCUT2D eigenvalue weighted by atomic mass is 9.92. The number of carbonyl (C=O) groups is 1. The van der Waals surface area contributed by atoms with E-state index in [1.807, 2.05) is 6.92 Å². The molecule has 1 N–H and O–H groups in total. The predicted octanol–water partition coefficient (Wildman–Crippen LogP) is -0.353. The average Bonchev–Trinajstić information content (AvgIpc) is 2.59. The molecular weight excluding hydrogens is 334 g/mol. The Morgan fingerprint density at radius 2 is 1.72 bits per heavy atom. The molecule has 2 rings (SSSR count). The lowest BCUT2D eigenvalue weighted by molar-refractivity contribution is -0.908. The molecule has 1 atom stereocenters. The SMILES string of the molecule is CC(C)Cc1ccc([C@@H](C)C(=O)CCCC[NH+]2CCOCC2)cc1.[Cl-]. The van der Waals surface area contributed by atoms with Crippen molar-refractivity contribution in [2.75, 3.05) is 32.8 Å². The molecule has 4 heteroatoms. The second-order valence-corrected chi connectivity index (χ2v) is 7.60. The summed E-state index contributed by atoms with van der Waals surface area (Å²) in [5, 5.41) is 0. The van der Waals surface area contributed by atoms with Crippen LogP contribution in [0.1, 0.15) is 57.1 Å². The normalized spacial score (nSPS) is 16.5. The molecule has 0 spiro atoms. The van der Waals surface area contributed by atoms with Crippen molar-refractivity contribution in [3.63, 3.8) is 0 Å². The molecule has 1 heterocycles. The molecule has 142 valence electrons. The number of hydrogen-bond acceptors (Lipinski definition) is 2. The fourth-order valence-electron chi connectivity index (χ4n) is 3.40. The van der Waals surface area contributed by atoms with Crippen LogP contribution < -0.4 is 17.3 Å². The van der Waals surface area contributed by atoms with E-state index in [0.717, 1.165) is 51.1 Å². The molecule has 1 aromatic rings. The van der Waals surface area contributed by atoms with Crippen molar-refractivity contribution in [1.29, 1.82) is 0 Å². The quantitative estimate of drug-likeness (QED) is 0.605. The van der Waals surface area contributed by atoms with Crippen LogP contribution in [0.25, 0.3) is 0 Å². The minimum Gasteiger partial charge on any atom is -1.00 e. The lowest BCUT2D eigenvalue weighted by Crippen LogP contribution is -3.14. The van der Waals surface area contributed by atoms with E-state index in [1.165, 1.54) is 12.1 Å². The highest BCUT2D eigenvalue weighted by Crippen LogP contribution is 2.20. The molecule has 0 amide bonds. The van der Waals surface area contributed by atoms with Crippen molar-refractivity contribution in [2.45, 2.75) is 52.4 Å². The summed E-state index contributed by atoms with van der Waals surface area (Å²) in [4.78, 5) is 14.1. The first-order chi connectivity index (χ1) is 11.6. The lowest BCUT2D eigenvalue weighted by Gasteiger charge is -2.23. The van der Waals surface area contributed by atoms with Gasteiger partial charge in [0.05, 0.1) is 19.8 Å². The second-order valence-electron chi connectivity index (χ2n) is 7.60. The van der Waals surface area contributed by atoms with Crippen LogP contribution in [0, 0.1) is 5.92 Å². The largest absolute Gasteiger partial charge is 1.00 e. The standard InChI is InChI=1S/C21H33NO2.ClH/c1-17(2)16-19-7-9-20(10-8-19)18(3)21(23)6-4-5-11-22-12-14-24-15-13-22;/h7-10,17-18H,4-6,11-16H2,1-3H3;1H/t18-;/m1./s1. The summed E-state index contributed by atoms with van der Waals surface area (Å²) >= 11 is 0. The number of carbonyl (C=O) groups excluding carboxylic acids is 1. The third kappa shape index (κ3) is 7.89. The van der Waals surface area contributed by atoms with Gasteiger partial charge in [-0.05, 0) is 36.3 Å². The smallest absolute Gasteiger partial charge is 0.140 e. The van der Waals surface area contributed by atoms with Gasteiger partial charge in [0.15, 0.2) is 0 Å². The Bertz CT molecular complexity index is 495. The minimum absolute atomic E-state index is 0. The Morgan fingerprint density at radius 1 is 1.08 bits per heavy atom. The predicted molar refractivity (Wildman–Crippen MR) is 98.6 cm³/mol. The summed E-state index contributed by atoms with van der Waals surface area (Å²) in [5.41, 5.74) is 2.52. The number of Topliss-reactive ketones (excluding diaryl/α,β-unsaturated/α-hetero) is 1. The molecular formula is C21H34ClNO2. The number of benzene rings is 1. The van der Waals surface area contributed by atoms with E-state index in [9.17, 15) is 4.79 Å². The fourth-order valence-corrected chi connectivity index (χ4v) is 3.40. The van der Waals surface area contributed by atoms with Gasteiger partial charge in [0.25, 0.3) is 0 Å². The van der Waals surface area contributed by atoms with Crippen LogP contribution in [0.3, 0.4) is 0 Å². The highest BCUT2D eigenvalue weighted by atomic mass is 35.5. The molecule has 0 radical (unpaired) electrons. The van der Waals surface area contributed by atoms with Crippen LogP contribution in [0.2, 0.25) is 0 Å². The number of ether oxygens (including phenoxy) is 1. The summed E-state index contributed by atoms with van der Waals surface area (Å²) in [6, 6.07) is 8.64. The molecule has 0 aromatic heterocycles. The van der Waals surface area contributed by atoms with Crippen LogP contribution in [-0.4, -0.2) is 38.6 Å². The Labute approximate surface area is 159 Å². The van der Waals surface area contributed by atoms with Gasteiger partial charge in [-0.25, -0.2) is 0 Å². The Morgan fingerprint density at radius 3 is 2.32 bits per heavy atom. The van der Waals surface area contributed by atoms with E-state index >= 15 is 0 Å². The van der Waals surface area contributed by atoms with Crippen LogP contribution >= 0.6 is 0 Å². The number of hydrogen-bond donors (Lipinski definition) is 1. The minimum atomic E-state index is 0. The number of morpholine rings is 1. The second kappa shape index (κ2) is 11.7.